The molecule has 98 valence electrons. The number of carbonyl (C=O) groups excluding carboxylic acids is 1. The fourth-order valence-corrected chi connectivity index (χ4v) is 1.66. The van der Waals surface area contributed by atoms with Gasteiger partial charge in [-0.25, -0.2) is 4.79 Å². The van der Waals surface area contributed by atoms with E-state index in [-0.39, 0.29) is 23.8 Å². The van der Waals surface area contributed by atoms with Gasteiger partial charge in [0.25, 0.3) is 0 Å². The monoisotopic (exact) mass is 315 g/mol. The normalized spacial score (nSPS) is 10.1. The topological polar surface area (TPSA) is 75.6 Å². The summed E-state index contributed by atoms with van der Waals surface area (Å²) in [6.07, 6.45) is 0.825. The van der Waals surface area contributed by atoms with Crippen molar-refractivity contribution in [3.05, 3.63) is 28.2 Å². The van der Waals surface area contributed by atoms with Crippen molar-refractivity contribution in [3.8, 4) is 0 Å². The van der Waals surface area contributed by atoms with E-state index >= 15 is 0 Å². The third kappa shape index (κ3) is 4.46. The van der Waals surface area contributed by atoms with Gasteiger partial charge in [-0.2, -0.15) is 0 Å². The summed E-state index contributed by atoms with van der Waals surface area (Å²) in [7, 11) is 0. The molecule has 1 rings (SSSR count). The molecule has 0 heterocycles. The lowest BCUT2D eigenvalue weighted by molar-refractivity contribution is -0.120. The highest BCUT2D eigenvalue weighted by Gasteiger charge is 2.12. The number of benzene rings is 1. The molecule has 1 amide bonds. The van der Waals surface area contributed by atoms with E-state index < -0.39 is 5.97 Å². The zero-order valence-corrected chi connectivity index (χ0v) is 11.5. The Morgan fingerprint density at radius 1 is 1.44 bits per heavy atom. The van der Waals surface area contributed by atoms with Gasteiger partial charge in [-0.3, -0.25) is 4.79 Å². The quantitative estimate of drug-likeness (QED) is 0.791. The number of halogens is 1. The second kappa shape index (κ2) is 7.13. The van der Waals surface area contributed by atoms with Crippen molar-refractivity contribution in [1.29, 1.82) is 0 Å². The van der Waals surface area contributed by atoms with Crippen molar-refractivity contribution < 1.29 is 19.4 Å². The van der Waals surface area contributed by atoms with E-state index in [1.165, 1.54) is 12.1 Å². The Morgan fingerprint density at radius 2 is 2.17 bits per heavy atom. The Hall–Kier alpha value is -1.40. The van der Waals surface area contributed by atoms with Gasteiger partial charge in [0.1, 0.15) is 6.61 Å². The third-order valence-electron chi connectivity index (χ3n) is 2.07. The minimum Gasteiger partial charge on any atom is -0.478 e. The lowest BCUT2D eigenvalue weighted by Crippen LogP contribution is -2.20. The number of nitrogens with one attached hydrogen (secondary N) is 1. The van der Waals surface area contributed by atoms with E-state index in [0.29, 0.717) is 11.1 Å². The van der Waals surface area contributed by atoms with Gasteiger partial charge in [-0.05, 0) is 24.6 Å². The molecule has 0 unspecified atom stereocenters. The predicted octanol–water partition coefficient (Wildman–Crippen LogP) is 2.51. The summed E-state index contributed by atoms with van der Waals surface area (Å²) in [6.45, 7) is 2.36. The van der Waals surface area contributed by atoms with Crippen LogP contribution in [-0.4, -0.2) is 30.2 Å². The molecule has 0 aliphatic rings. The van der Waals surface area contributed by atoms with Crippen LogP contribution >= 0.6 is 15.9 Å². The summed E-state index contributed by atoms with van der Waals surface area (Å²) in [5.41, 5.74) is 0.295. The maximum Gasteiger partial charge on any atom is 0.337 e. The average Bonchev–Trinajstić information content (AvgIpc) is 2.31. The highest BCUT2D eigenvalue weighted by Crippen LogP contribution is 2.21. The van der Waals surface area contributed by atoms with Crippen molar-refractivity contribution in [3.63, 3.8) is 0 Å². The maximum atomic E-state index is 11.5. The number of carboxylic acid groups (broad SMARTS) is 1. The summed E-state index contributed by atoms with van der Waals surface area (Å²) < 4.78 is 5.71. The first-order valence-electron chi connectivity index (χ1n) is 5.45. The number of ether oxygens (including phenoxy) is 1. The molecule has 0 spiro atoms. The Kier molecular flexibility index (Phi) is 5.80. The first-order valence-corrected chi connectivity index (χ1v) is 6.24. The molecule has 1 aromatic rings. The van der Waals surface area contributed by atoms with Crippen molar-refractivity contribution in [1.82, 2.24) is 0 Å². The first-order chi connectivity index (χ1) is 8.54. The lowest BCUT2D eigenvalue weighted by atomic mass is 10.2. The molecular formula is C12H14BrNO4. The number of anilines is 1. The zero-order valence-electron chi connectivity index (χ0n) is 9.90. The van der Waals surface area contributed by atoms with E-state index in [0.717, 1.165) is 6.42 Å². The van der Waals surface area contributed by atoms with Crippen LogP contribution in [-0.2, 0) is 9.53 Å². The van der Waals surface area contributed by atoms with Gasteiger partial charge in [-0.1, -0.05) is 22.9 Å². The SMILES string of the molecule is CCCOCC(=O)Nc1ccc(Br)cc1C(=O)O. The van der Waals surface area contributed by atoms with E-state index in [1.54, 1.807) is 6.07 Å². The number of hydrogen-bond donors (Lipinski definition) is 2. The third-order valence-corrected chi connectivity index (χ3v) is 2.56. The van der Waals surface area contributed by atoms with Gasteiger partial charge in [0.2, 0.25) is 5.91 Å². The summed E-state index contributed by atoms with van der Waals surface area (Å²) in [5.74, 6) is -1.46. The van der Waals surface area contributed by atoms with Gasteiger partial charge in [-0.15, -0.1) is 0 Å². The van der Waals surface area contributed by atoms with Crippen LogP contribution in [0.4, 0.5) is 5.69 Å². The van der Waals surface area contributed by atoms with Crippen LogP contribution in [0, 0.1) is 0 Å². The van der Waals surface area contributed by atoms with Crippen LogP contribution in [0.3, 0.4) is 0 Å². The summed E-state index contributed by atoms with van der Waals surface area (Å²) in [5, 5.41) is 11.5. The molecule has 0 saturated carbocycles. The average molecular weight is 316 g/mol. The Bertz CT molecular complexity index is 448. The minimum atomic E-state index is -1.10. The van der Waals surface area contributed by atoms with Crippen LogP contribution < -0.4 is 5.32 Å². The number of amides is 1. The number of rotatable bonds is 6. The zero-order chi connectivity index (χ0) is 13.5. The van der Waals surface area contributed by atoms with E-state index in [9.17, 15) is 9.59 Å². The minimum absolute atomic E-state index is 0.0354. The predicted molar refractivity (Wildman–Crippen MR) is 70.8 cm³/mol. The number of carboxylic acids is 1. The maximum absolute atomic E-state index is 11.5. The molecule has 0 atom stereocenters. The molecular weight excluding hydrogens is 302 g/mol. The molecule has 0 aromatic heterocycles. The molecule has 0 aliphatic carbocycles. The highest BCUT2D eigenvalue weighted by atomic mass is 79.9. The fourth-order valence-electron chi connectivity index (χ4n) is 1.30. The molecule has 0 aliphatic heterocycles. The van der Waals surface area contributed by atoms with Crippen molar-refractivity contribution in [2.24, 2.45) is 0 Å². The molecule has 2 N–H and O–H groups in total. The number of carbonyl (C=O) groups is 2. The molecule has 0 saturated heterocycles. The van der Waals surface area contributed by atoms with Crippen LogP contribution in [0.2, 0.25) is 0 Å². The largest absolute Gasteiger partial charge is 0.478 e. The van der Waals surface area contributed by atoms with Crippen LogP contribution in [0.1, 0.15) is 23.7 Å². The lowest BCUT2D eigenvalue weighted by Gasteiger charge is -2.09. The van der Waals surface area contributed by atoms with Crippen LogP contribution in [0.5, 0.6) is 0 Å². The second-order valence-corrected chi connectivity index (χ2v) is 4.51. The van der Waals surface area contributed by atoms with Crippen molar-refractivity contribution >= 4 is 33.5 Å². The van der Waals surface area contributed by atoms with Gasteiger partial charge in [0.15, 0.2) is 0 Å². The van der Waals surface area contributed by atoms with Crippen LogP contribution in [0.15, 0.2) is 22.7 Å². The smallest absolute Gasteiger partial charge is 0.337 e. The van der Waals surface area contributed by atoms with Gasteiger partial charge in [0, 0.05) is 11.1 Å². The van der Waals surface area contributed by atoms with E-state index in [1.807, 2.05) is 6.92 Å². The molecule has 0 bridgehead atoms. The molecule has 0 fully saturated rings. The van der Waals surface area contributed by atoms with Crippen LogP contribution in [0.25, 0.3) is 0 Å². The second-order valence-electron chi connectivity index (χ2n) is 3.60. The first kappa shape index (κ1) is 14.7. The standard InChI is InChI=1S/C12H14BrNO4/c1-2-5-18-7-11(15)14-10-4-3-8(13)6-9(10)12(16)17/h3-4,6H,2,5,7H2,1H3,(H,14,15)(H,16,17). The fraction of sp³-hybridized carbons (Fsp3) is 0.333. The van der Waals surface area contributed by atoms with E-state index in [2.05, 4.69) is 21.2 Å². The van der Waals surface area contributed by atoms with Crippen molar-refractivity contribution in [2.75, 3.05) is 18.5 Å². The summed E-state index contributed by atoms with van der Waals surface area (Å²) in [6, 6.07) is 4.63. The Labute approximate surface area is 113 Å². The van der Waals surface area contributed by atoms with Gasteiger partial charge in [0.05, 0.1) is 11.3 Å². The number of hydrogen-bond acceptors (Lipinski definition) is 3. The molecule has 6 heteroatoms. The Morgan fingerprint density at radius 3 is 2.78 bits per heavy atom. The van der Waals surface area contributed by atoms with Crippen molar-refractivity contribution in [2.45, 2.75) is 13.3 Å². The summed E-state index contributed by atoms with van der Waals surface area (Å²) >= 11 is 3.18. The Balaban J connectivity index is 2.72. The van der Waals surface area contributed by atoms with E-state index in [4.69, 9.17) is 9.84 Å². The van der Waals surface area contributed by atoms with Gasteiger partial charge >= 0.3 is 5.97 Å². The molecule has 18 heavy (non-hydrogen) atoms. The van der Waals surface area contributed by atoms with Gasteiger partial charge < -0.3 is 15.2 Å². The highest BCUT2D eigenvalue weighted by molar-refractivity contribution is 9.10. The molecule has 1 aromatic carbocycles. The molecule has 5 nitrogen and oxygen atoms in total. The molecule has 0 radical (unpaired) electrons. The number of aromatic carboxylic acids is 1. The summed E-state index contributed by atoms with van der Waals surface area (Å²) in [4.78, 5) is 22.5.